The minimum atomic E-state index is -4.48. The van der Waals surface area contributed by atoms with Gasteiger partial charge in [0, 0.05) is 0 Å². The molecule has 9 heteroatoms. The molecule has 0 heterocycles. The van der Waals surface area contributed by atoms with Crippen molar-refractivity contribution in [3.05, 3.63) is 153 Å². The van der Waals surface area contributed by atoms with E-state index in [1.165, 1.54) is 68.8 Å². The van der Waals surface area contributed by atoms with Gasteiger partial charge in [0.15, 0.2) is 0 Å². The summed E-state index contributed by atoms with van der Waals surface area (Å²) in [7, 11) is 0. The Morgan fingerprint density at radius 1 is 0.569 bits per heavy atom. The summed E-state index contributed by atoms with van der Waals surface area (Å²) in [4.78, 5) is 0. The third-order valence-corrected chi connectivity index (χ3v) is 11.9. The van der Waals surface area contributed by atoms with Crippen LogP contribution in [0.5, 0.6) is 0 Å². The first kappa shape index (κ1) is 51.4. The van der Waals surface area contributed by atoms with Gasteiger partial charge < -0.3 is 0 Å². The smallest absolute Gasteiger partial charge is 0.109 e. The van der Waals surface area contributed by atoms with Gasteiger partial charge >= 0.3 is 137 Å². The predicted molar refractivity (Wildman–Crippen MR) is 230 cm³/mol. The van der Waals surface area contributed by atoms with Crippen LogP contribution in [0.2, 0.25) is 0 Å². The first-order valence-electron chi connectivity index (χ1n) is 18.9. The second kappa shape index (κ2) is 18.9. The van der Waals surface area contributed by atoms with E-state index in [0.29, 0.717) is 38.3 Å². The van der Waals surface area contributed by atoms with Gasteiger partial charge in [-0.05, 0) is 39.4 Å². The number of fused-ring (bicyclic) bond motifs is 3. The number of benzene rings is 4. The summed E-state index contributed by atoms with van der Waals surface area (Å²) >= 11 is 0.316. The largest absolute Gasteiger partial charge is 0.273 e. The van der Waals surface area contributed by atoms with Gasteiger partial charge in [-0.25, -0.2) is 12.2 Å². The Kier molecular flexibility index (Phi) is 16.7. The molecule has 0 unspecified atom stereocenters. The van der Waals surface area contributed by atoms with Gasteiger partial charge in [-0.3, -0.25) is 6.08 Å². The topological polar surface area (TPSA) is 0 Å². The van der Waals surface area contributed by atoms with Gasteiger partial charge in [-0.15, -0.1) is 47.9 Å². The van der Waals surface area contributed by atoms with E-state index in [-0.39, 0.29) is 46.5 Å². The third kappa shape index (κ3) is 12.9. The van der Waals surface area contributed by atoms with Crippen LogP contribution >= 0.6 is 24.8 Å². The van der Waals surface area contributed by atoms with Crippen molar-refractivity contribution in [3.63, 3.8) is 0 Å². The molecule has 312 valence electrons. The Labute approximate surface area is 369 Å². The molecule has 0 saturated heterocycles. The summed E-state index contributed by atoms with van der Waals surface area (Å²) in [6.07, 6.45) is 2.04. The molecule has 0 bridgehead atoms. The van der Waals surface area contributed by atoms with Crippen LogP contribution in [0.25, 0.3) is 11.1 Å². The van der Waals surface area contributed by atoms with Crippen LogP contribution in [-0.2, 0) is 64.3 Å². The monoisotopic (exact) mass is 1010 g/mol. The quantitative estimate of drug-likeness (QED) is 0.0939. The Hall–Kier alpha value is -2.74. The van der Waals surface area contributed by atoms with Gasteiger partial charge in [-0.1, -0.05) is 106 Å². The molecule has 0 aliphatic heterocycles. The fourth-order valence-corrected chi connectivity index (χ4v) is 7.95. The fourth-order valence-electron chi connectivity index (χ4n) is 6.83. The molecular formula is C49H56Cl2F6Hf. The van der Waals surface area contributed by atoms with Crippen LogP contribution in [0.3, 0.4) is 0 Å². The molecule has 0 amide bonds. The van der Waals surface area contributed by atoms with Gasteiger partial charge in [0.1, 0.15) is 0 Å². The van der Waals surface area contributed by atoms with Gasteiger partial charge in [0.25, 0.3) is 0 Å². The normalized spacial score (nSPS) is 13.6. The van der Waals surface area contributed by atoms with E-state index in [2.05, 4.69) is 120 Å². The number of hydrogen-bond donors (Lipinski definition) is 0. The maximum Gasteiger partial charge on any atom is -0.109 e. The van der Waals surface area contributed by atoms with E-state index in [1.54, 1.807) is 0 Å². The molecule has 0 nitrogen and oxygen atoms in total. The molecule has 4 aromatic rings. The first-order chi connectivity index (χ1) is 25.5. The van der Waals surface area contributed by atoms with E-state index in [9.17, 15) is 26.3 Å². The predicted octanol–water partition coefficient (Wildman–Crippen LogP) is 15.2. The molecule has 0 N–H and O–H groups in total. The first-order valence-corrected chi connectivity index (χ1v) is 20.7. The van der Waals surface area contributed by atoms with Crippen molar-refractivity contribution < 1.29 is 50.2 Å². The van der Waals surface area contributed by atoms with Gasteiger partial charge in [0.2, 0.25) is 0 Å². The molecule has 0 aromatic heterocycles. The molecule has 0 radical (unpaired) electrons. The second-order valence-corrected chi connectivity index (χ2v) is 20.5. The minimum Gasteiger partial charge on any atom is -0.273 e. The van der Waals surface area contributed by atoms with E-state index >= 15 is 0 Å². The molecule has 4 aromatic carbocycles. The van der Waals surface area contributed by atoms with Crippen molar-refractivity contribution in [2.45, 2.75) is 130 Å². The van der Waals surface area contributed by atoms with Crippen molar-refractivity contribution in [3.8, 4) is 11.1 Å². The van der Waals surface area contributed by atoms with Crippen LogP contribution in [0.1, 0.15) is 145 Å². The van der Waals surface area contributed by atoms with E-state index in [0.717, 1.165) is 37.1 Å². The molecule has 0 spiro atoms. The average Bonchev–Trinajstić information content (AvgIpc) is 3.77. The maximum atomic E-state index is 12.7. The van der Waals surface area contributed by atoms with E-state index < -0.39 is 23.5 Å². The zero-order valence-electron chi connectivity index (χ0n) is 35.6. The molecular weight excluding hydrogens is 952 g/mol. The standard InChI is InChI=1S/C29H41.C15H8F6.C5H5.2ClH.Hf/c1-26(2,3)22-14-18-13-19-15-23(27(4,5)6)25(29(10,11)12)17-21(19)20(18)16-24(22)28(7,8)9;16-14(17,18)12-5-1-3-10(8-12)7-11-4-2-6-13(9-11)15(19,20)21;1-2-4-5-3-1;;;/h14,16-17H,13H2,1-12H3;1-6,8-9H;1-3H,4H2;2*1H;/q-1;;-1;;;+2. The number of allylic oxidation sites excluding steroid dienone is 4. The molecule has 2 aliphatic rings. The summed E-state index contributed by atoms with van der Waals surface area (Å²) in [6, 6.07) is 20.6. The Bertz CT molecular complexity index is 1980. The summed E-state index contributed by atoms with van der Waals surface area (Å²) < 4.78 is 76.7. The van der Waals surface area contributed by atoms with Crippen LogP contribution < -0.4 is 0 Å². The van der Waals surface area contributed by atoms with Gasteiger partial charge in [0.05, 0.1) is 0 Å². The Morgan fingerprint density at radius 2 is 1.02 bits per heavy atom. The zero-order chi connectivity index (χ0) is 42.2. The van der Waals surface area contributed by atoms with Crippen molar-refractivity contribution in [2.75, 3.05) is 0 Å². The van der Waals surface area contributed by atoms with Gasteiger partial charge in [-0.2, -0.15) is 23.8 Å². The van der Waals surface area contributed by atoms with E-state index in [4.69, 9.17) is 0 Å². The number of rotatable bonds is 2. The minimum absolute atomic E-state index is 0. The summed E-state index contributed by atoms with van der Waals surface area (Å²) in [6.45, 7) is 28.0. The average molecular weight is 1010 g/mol. The van der Waals surface area contributed by atoms with Crippen molar-refractivity contribution in [1.82, 2.24) is 0 Å². The number of halogens is 8. The molecule has 0 fully saturated rings. The third-order valence-electron chi connectivity index (χ3n) is 9.78. The Balaban J connectivity index is 0.000000354. The molecule has 0 saturated carbocycles. The maximum absolute atomic E-state index is 12.7. The fraction of sp³-hybridized carbons (Fsp3) is 0.408. The molecule has 2 aliphatic carbocycles. The molecule has 6 rings (SSSR count). The van der Waals surface area contributed by atoms with E-state index in [1.807, 2.05) is 12.2 Å². The van der Waals surface area contributed by atoms with Crippen molar-refractivity contribution >= 4 is 28.1 Å². The second-order valence-electron chi connectivity index (χ2n) is 18.7. The Morgan fingerprint density at radius 3 is 1.38 bits per heavy atom. The number of hydrogen-bond acceptors (Lipinski definition) is 0. The van der Waals surface area contributed by atoms with Crippen molar-refractivity contribution in [1.29, 1.82) is 0 Å². The summed E-state index contributed by atoms with van der Waals surface area (Å²) in [5, 5.41) is 0. The van der Waals surface area contributed by atoms with Crippen LogP contribution in [0, 0.1) is 12.1 Å². The molecule has 58 heavy (non-hydrogen) atoms. The number of alkyl halides is 6. The van der Waals surface area contributed by atoms with Crippen LogP contribution in [0.15, 0.2) is 85.0 Å². The summed E-state index contributed by atoms with van der Waals surface area (Å²) in [5.41, 5.74) is 10.9. The zero-order valence-corrected chi connectivity index (χ0v) is 40.8. The van der Waals surface area contributed by atoms with Crippen LogP contribution in [0.4, 0.5) is 26.3 Å². The van der Waals surface area contributed by atoms with Crippen LogP contribution in [-0.4, -0.2) is 3.26 Å². The summed E-state index contributed by atoms with van der Waals surface area (Å²) in [5.74, 6) is 0. The van der Waals surface area contributed by atoms with Crippen molar-refractivity contribution in [2.24, 2.45) is 0 Å². The SMILES string of the molecule is CC(C)(C)c1[c-]c2c(cc1C(C)(C)C)-c1cc(C(C)(C)C)c(C(C)(C)C)cc1C2.Cl.Cl.FC(F)(F)c1cccc([C](=[Hf+2])c2cccc(C(F)(F)F)c2)c1.[C-]1=CC=CC1. The molecule has 0 atom stereocenters.